The summed E-state index contributed by atoms with van der Waals surface area (Å²) < 4.78 is 0. The Morgan fingerprint density at radius 1 is 1.42 bits per heavy atom. The molecule has 0 spiro atoms. The van der Waals surface area contributed by atoms with Gasteiger partial charge in [-0.25, -0.2) is 0 Å². The minimum atomic E-state index is 0.452. The van der Waals surface area contributed by atoms with Crippen molar-refractivity contribution < 1.29 is 4.79 Å². The van der Waals surface area contributed by atoms with Crippen LogP contribution in [0.15, 0.2) is 18.2 Å². The van der Waals surface area contributed by atoms with Crippen LogP contribution in [0.25, 0.3) is 0 Å². The molecule has 0 unspecified atom stereocenters. The molecule has 0 bridgehead atoms. The highest BCUT2D eigenvalue weighted by Gasteiger charge is 2.02. The quantitative estimate of drug-likeness (QED) is 0.536. The number of benzene rings is 1. The lowest BCUT2D eigenvalue weighted by atomic mass is 10.0. The van der Waals surface area contributed by atoms with Crippen LogP contribution in [0, 0.1) is 0 Å². The highest BCUT2D eigenvalue weighted by molar-refractivity contribution is 5.83. The molecule has 0 fully saturated rings. The highest BCUT2D eigenvalue weighted by atomic mass is 16.1. The standard InChI is InChI=1S/C10H13NO/c1-7(2)8-3-4-9(6-12)10(11)5-8/h3-7H,11H2,1-2H3. The maximum absolute atomic E-state index is 10.4. The zero-order valence-corrected chi connectivity index (χ0v) is 7.37. The number of anilines is 1. The summed E-state index contributed by atoms with van der Waals surface area (Å²) >= 11 is 0. The van der Waals surface area contributed by atoms with Crippen molar-refractivity contribution in [1.82, 2.24) is 0 Å². The van der Waals surface area contributed by atoms with E-state index in [0.29, 0.717) is 17.2 Å². The van der Waals surface area contributed by atoms with Gasteiger partial charge in [0.25, 0.3) is 0 Å². The molecule has 1 rings (SSSR count). The maximum atomic E-state index is 10.4. The molecular weight excluding hydrogens is 150 g/mol. The second-order valence-electron chi connectivity index (χ2n) is 3.16. The summed E-state index contributed by atoms with van der Waals surface area (Å²) in [4.78, 5) is 10.4. The third-order valence-electron chi connectivity index (χ3n) is 1.90. The fourth-order valence-corrected chi connectivity index (χ4v) is 1.06. The van der Waals surface area contributed by atoms with Gasteiger partial charge >= 0.3 is 0 Å². The monoisotopic (exact) mass is 163 g/mol. The summed E-state index contributed by atoms with van der Waals surface area (Å²) in [6, 6.07) is 5.55. The van der Waals surface area contributed by atoms with Crippen LogP contribution in [0.1, 0.15) is 35.7 Å². The van der Waals surface area contributed by atoms with Crippen molar-refractivity contribution in [1.29, 1.82) is 0 Å². The Balaban J connectivity index is 3.10. The molecule has 0 aliphatic carbocycles. The van der Waals surface area contributed by atoms with Crippen LogP contribution in [0.2, 0.25) is 0 Å². The molecule has 2 heteroatoms. The molecule has 12 heavy (non-hydrogen) atoms. The Labute approximate surface area is 72.4 Å². The summed E-state index contributed by atoms with van der Waals surface area (Å²) in [7, 11) is 0. The number of nitrogen functional groups attached to an aromatic ring is 1. The zero-order valence-electron chi connectivity index (χ0n) is 7.37. The molecule has 2 N–H and O–H groups in total. The number of carbonyl (C=O) groups is 1. The molecule has 64 valence electrons. The summed E-state index contributed by atoms with van der Waals surface area (Å²) in [5.41, 5.74) is 7.94. The number of nitrogens with two attached hydrogens (primary N) is 1. The van der Waals surface area contributed by atoms with Gasteiger partial charge in [0, 0.05) is 11.3 Å². The van der Waals surface area contributed by atoms with E-state index >= 15 is 0 Å². The molecule has 2 nitrogen and oxygen atoms in total. The van der Waals surface area contributed by atoms with E-state index in [1.54, 1.807) is 6.07 Å². The predicted molar refractivity (Wildman–Crippen MR) is 50.3 cm³/mol. The molecule has 0 saturated carbocycles. The van der Waals surface area contributed by atoms with Crippen molar-refractivity contribution in [3.05, 3.63) is 29.3 Å². The van der Waals surface area contributed by atoms with Crippen LogP contribution in [-0.4, -0.2) is 6.29 Å². The minimum absolute atomic E-state index is 0.452. The van der Waals surface area contributed by atoms with Gasteiger partial charge in [-0.05, 0) is 23.6 Å². The van der Waals surface area contributed by atoms with E-state index in [0.717, 1.165) is 11.8 Å². The van der Waals surface area contributed by atoms with Gasteiger partial charge in [-0.2, -0.15) is 0 Å². The van der Waals surface area contributed by atoms with E-state index in [1.165, 1.54) is 0 Å². The summed E-state index contributed by atoms with van der Waals surface area (Å²) in [5, 5.41) is 0. The third kappa shape index (κ3) is 1.64. The minimum Gasteiger partial charge on any atom is -0.398 e. The van der Waals surface area contributed by atoms with Crippen LogP contribution in [0.3, 0.4) is 0 Å². The molecule has 0 saturated heterocycles. The average molecular weight is 163 g/mol. The van der Waals surface area contributed by atoms with Crippen molar-refractivity contribution in [3.8, 4) is 0 Å². The zero-order chi connectivity index (χ0) is 9.14. The molecule has 0 aliphatic heterocycles. The van der Waals surface area contributed by atoms with Gasteiger partial charge in [0.1, 0.15) is 0 Å². The molecular formula is C10H13NO. The van der Waals surface area contributed by atoms with Gasteiger partial charge in [-0.15, -0.1) is 0 Å². The Kier molecular flexibility index (Phi) is 2.48. The van der Waals surface area contributed by atoms with Gasteiger partial charge in [0.2, 0.25) is 0 Å². The predicted octanol–water partition coefficient (Wildman–Crippen LogP) is 2.20. The normalized spacial score (nSPS) is 10.2. The molecule has 0 atom stereocenters. The molecule has 0 heterocycles. The smallest absolute Gasteiger partial charge is 0.152 e. The SMILES string of the molecule is CC(C)c1ccc(C=O)c(N)c1. The van der Waals surface area contributed by atoms with Crippen LogP contribution in [0.5, 0.6) is 0 Å². The highest BCUT2D eigenvalue weighted by Crippen LogP contribution is 2.19. The fraction of sp³-hybridized carbons (Fsp3) is 0.300. The van der Waals surface area contributed by atoms with Crippen LogP contribution < -0.4 is 5.73 Å². The van der Waals surface area contributed by atoms with Crippen molar-refractivity contribution in [3.63, 3.8) is 0 Å². The van der Waals surface area contributed by atoms with E-state index in [1.807, 2.05) is 12.1 Å². The first kappa shape index (κ1) is 8.78. The molecule has 0 radical (unpaired) electrons. The van der Waals surface area contributed by atoms with Gasteiger partial charge in [0.05, 0.1) is 0 Å². The Bertz CT molecular complexity index is 292. The number of aldehydes is 1. The first-order valence-electron chi connectivity index (χ1n) is 3.99. The molecule has 0 aromatic heterocycles. The van der Waals surface area contributed by atoms with Crippen LogP contribution >= 0.6 is 0 Å². The van der Waals surface area contributed by atoms with Gasteiger partial charge in [0.15, 0.2) is 6.29 Å². The number of rotatable bonds is 2. The Morgan fingerprint density at radius 3 is 2.50 bits per heavy atom. The lowest BCUT2D eigenvalue weighted by Crippen LogP contribution is -1.95. The van der Waals surface area contributed by atoms with Crippen molar-refractivity contribution >= 4 is 12.0 Å². The lowest BCUT2D eigenvalue weighted by Gasteiger charge is -2.06. The molecule has 0 amide bonds. The summed E-state index contributed by atoms with van der Waals surface area (Å²) in [5.74, 6) is 0.452. The second-order valence-corrected chi connectivity index (χ2v) is 3.16. The number of carbonyl (C=O) groups excluding carboxylic acids is 1. The second kappa shape index (κ2) is 3.39. The first-order valence-corrected chi connectivity index (χ1v) is 3.99. The van der Waals surface area contributed by atoms with Crippen molar-refractivity contribution in [2.45, 2.75) is 19.8 Å². The fourth-order valence-electron chi connectivity index (χ4n) is 1.06. The van der Waals surface area contributed by atoms with Gasteiger partial charge in [-0.3, -0.25) is 4.79 Å². The van der Waals surface area contributed by atoms with Crippen LogP contribution in [-0.2, 0) is 0 Å². The summed E-state index contributed by atoms with van der Waals surface area (Å²) in [6.45, 7) is 4.19. The van der Waals surface area contributed by atoms with E-state index in [9.17, 15) is 4.79 Å². The van der Waals surface area contributed by atoms with E-state index in [-0.39, 0.29) is 0 Å². The average Bonchev–Trinajstić information content (AvgIpc) is 2.04. The lowest BCUT2D eigenvalue weighted by molar-refractivity contribution is 0.112. The molecule has 1 aromatic carbocycles. The largest absolute Gasteiger partial charge is 0.398 e. The van der Waals surface area contributed by atoms with Gasteiger partial charge < -0.3 is 5.73 Å². The first-order chi connectivity index (χ1) is 5.65. The van der Waals surface area contributed by atoms with E-state index in [4.69, 9.17) is 5.73 Å². The third-order valence-corrected chi connectivity index (χ3v) is 1.90. The van der Waals surface area contributed by atoms with E-state index in [2.05, 4.69) is 13.8 Å². The molecule has 1 aromatic rings. The Hall–Kier alpha value is -1.31. The summed E-state index contributed by atoms with van der Waals surface area (Å²) in [6.07, 6.45) is 0.777. The number of hydrogen-bond acceptors (Lipinski definition) is 2. The van der Waals surface area contributed by atoms with E-state index < -0.39 is 0 Å². The Morgan fingerprint density at radius 2 is 2.08 bits per heavy atom. The topological polar surface area (TPSA) is 43.1 Å². The van der Waals surface area contributed by atoms with Crippen molar-refractivity contribution in [2.75, 3.05) is 5.73 Å². The van der Waals surface area contributed by atoms with Gasteiger partial charge in [-0.1, -0.05) is 19.9 Å². The number of hydrogen-bond donors (Lipinski definition) is 1. The molecule has 0 aliphatic rings. The maximum Gasteiger partial charge on any atom is 0.152 e. The van der Waals surface area contributed by atoms with Crippen LogP contribution in [0.4, 0.5) is 5.69 Å². The van der Waals surface area contributed by atoms with Crippen molar-refractivity contribution in [2.24, 2.45) is 0 Å².